The van der Waals surface area contributed by atoms with Crippen molar-refractivity contribution in [2.75, 3.05) is 28.8 Å². The van der Waals surface area contributed by atoms with Crippen molar-refractivity contribution in [3.8, 4) is 0 Å². The first kappa shape index (κ1) is 16.1. The quantitative estimate of drug-likeness (QED) is 0.794. The van der Waals surface area contributed by atoms with E-state index in [1.165, 1.54) is 22.9 Å². The average Bonchev–Trinajstić information content (AvgIpc) is 2.62. The van der Waals surface area contributed by atoms with E-state index in [-0.39, 0.29) is 10.7 Å². The van der Waals surface area contributed by atoms with Gasteiger partial charge in [0.1, 0.15) is 0 Å². The van der Waals surface area contributed by atoms with Crippen LogP contribution >= 0.6 is 0 Å². The molecule has 4 rings (SSSR count). The first-order valence-electron chi connectivity index (χ1n) is 8.49. The van der Waals surface area contributed by atoms with Gasteiger partial charge in [0.05, 0.1) is 22.8 Å². The summed E-state index contributed by atoms with van der Waals surface area (Å²) in [5, 5.41) is 0. The van der Waals surface area contributed by atoms with Crippen molar-refractivity contribution in [1.82, 2.24) is 0 Å². The van der Waals surface area contributed by atoms with Crippen LogP contribution < -0.4 is 9.21 Å². The first-order valence-corrected chi connectivity index (χ1v) is 9.93. The Bertz CT molecular complexity index is 953. The minimum Gasteiger partial charge on any atom is -0.368 e. The summed E-state index contributed by atoms with van der Waals surface area (Å²) in [5.74, 6) is -0.140. The van der Waals surface area contributed by atoms with Crippen molar-refractivity contribution in [3.63, 3.8) is 0 Å². The zero-order valence-electron chi connectivity index (χ0n) is 14.1. The van der Waals surface area contributed by atoms with E-state index in [1.54, 1.807) is 18.2 Å². The largest absolute Gasteiger partial charge is 0.368 e. The molecule has 0 saturated heterocycles. The molecule has 2 aromatic carbocycles. The zero-order valence-corrected chi connectivity index (χ0v) is 14.9. The molecule has 2 aromatic rings. The lowest BCUT2D eigenvalue weighted by molar-refractivity contribution is 0.101. The predicted octanol–water partition coefficient (Wildman–Crippen LogP) is 2.85. The molecule has 0 spiro atoms. The van der Waals surface area contributed by atoms with E-state index in [0.29, 0.717) is 18.7 Å². The predicted molar refractivity (Wildman–Crippen MR) is 98.0 cm³/mol. The van der Waals surface area contributed by atoms with Gasteiger partial charge < -0.3 is 4.90 Å². The van der Waals surface area contributed by atoms with E-state index in [0.717, 1.165) is 30.8 Å². The summed E-state index contributed by atoms with van der Waals surface area (Å²) in [6, 6.07) is 12.2. The Balaban J connectivity index is 1.82. The van der Waals surface area contributed by atoms with Crippen LogP contribution in [0.25, 0.3) is 0 Å². The Morgan fingerprint density at radius 2 is 1.84 bits per heavy atom. The summed E-state index contributed by atoms with van der Waals surface area (Å²) < 4.78 is 28.0. The summed E-state index contributed by atoms with van der Waals surface area (Å²) in [6.07, 6.45) is 2.08. The number of hydrogen-bond acceptors (Lipinski definition) is 4. The van der Waals surface area contributed by atoms with E-state index in [1.807, 2.05) is 12.1 Å². The third-order valence-electron chi connectivity index (χ3n) is 4.96. The van der Waals surface area contributed by atoms with Crippen LogP contribution in [-0.2, 0) is 16.4 Å². The van der Waals surface area contributed by atoms with Crippen molar-refractivity contribution in [2.45, 2.75) is 24.7 Å². The highest BCUT2D eigenvalue weighted by Gasteiger charge is 2.34. The Morgan fingerprint density at radius 3 is 2.64 bits per heavy atom. The van der Waals surface area contributed by atoms with E-state index >= 15 is 0 Å². The van der Waals surface area contributed by atoms with Gasteiger partial charge in [-0.05, 0) is 43.5 Å². The number of carbonyl (C=O) groups excluding carboxylic acids is 1. The van der Waals surface area contributed by atoms with Crippen molar-refractivity contribution in [2.24, 2.45) is 0 Å². The number of ketones is 1. The van der Waals surface area contributed by atoms with Gasteiger partial charge >= 0.3 is 0 Å². The van der Waals surface area contributed by atoms with Crippen molar-refractivity contribution >= 4 is 27.2 Å². The summed E-state index contributed by atoms with van der Waals surface area (Å²) in [5.41, 5.74) is 3.42. The Labute approximate surface area is 147 Å². The Kier molecular flexibility index (Phi) is 3.80. The monoisotopic (exact) mass is 356 g/mol. The van der Waals surface area contributed by atoms with Gasteiger partial charge in [-0.1, -0.05) is 24.3 Å². The van der Waals surface area contributed by atoms with Crippen LogP contribution in [0.2, 0.25) is 0 Å². The van der Waals surface area contributed by atoms with E-state index in [4.69, 9.17) is 0 Å². The molecule has 0 unspecified atom stereocenters. The maximum atomic E-state index is 13.2. The van der Waals surface area contributed by atoms with Gasteiger partial charge in [0.25, 0.3) is 10.0 Å². The third kappa shape index (κ3) is 2.61. The molecule has 5 nitrogen and oxygen atoms in total. The highest BCUT2D eigenvalue weighted by Crippen LogP contribution is 2.41. The van der Waals surface area contributed by atoms with Crippen LogP contribution in [0.15, 0.2) is 47.4 Å². The molecule has 0 saturated carbocycles. The second-order valence-corrected chi connectivity index (χ2v) is 8.40. The van der Waals surface area contributed by atoms with Crippen LogP contribution in [0, 0.1) is 0 Å². The molecule has 2 aliphatic rings. The molecule has 0 bridgehead atoms. The minimum atomic E-state index is -3.70. The fourth-order valence-corrected chi connectivity index (χ4v) is 5.24. The normalized spacial score (nSPS) is 16.5. The maximum absolute atomic E-state index is 13.2. The molecule has 0 atom stereocenters. The molecule has 2 heterocycles. The van der Waals surface area contributed by atoms with Crippen LogP contribution in [0.4, 0.5) is 11.4 Å². The number of Topliss-reactive ketones (excluding diaryl/α,β-unsaturated/α-hetero) is 1. The zero-order chi connectivity index (χ0) is 17.6. The molecular formula is C19H20N2O3S. The van der Waals surface area contributed by atoms with Crippen LogP contribution in [-0.4, -0.2) is 33.8 Å². The standard InChI is InChI=1S/C19H20N2O3S/c1-14(22)16-6-2-8-17(13-16)25(23,24)21-12-11-20-10-4-7-15-5-3-9-18(21)19(15)20/h2-3,5-6,8-9,13H,4,7,10-12H2,1H3. The molecule has 0 aliphatic carbocycles. The van der Waals surface area contributed by atoms with E-state index in [9.17, 15) is 13.2 Å². The fourth-order valence-electron chi connectivity index (χ4n) is 3.73. The van der Waals surface area contributed by atoms with Gasteiger partial charge in [0.15, 0.2) is 5.78 Å². The highest BCUT2D eigenvalue weighted by atomic mass is 32.2. The number of sulfonamides is 1. The average molecular weight is 356 g/mol. The van der Waals surface area contributed by atoms with Gasteiger partial charge in [-0.3, -0.25) is 9.10 Å². The summed E-state index contributed by atoms with van der Waals surface area (Å²) in [7, 11) is -3.70. The van der Waals surface area contributed by atoms with E-state index < -0.39 is 10.0 Å². The molecule has 0 fully saturated rings. The number of anilines is 2. The minimum absolute atomic E-state index is 0.140. The van der Waals surface area contributed by atoms with Gasteiger partial charge in [-0.2, -0.15) is 0 Å². The van der Waals surface area contributed by atoms with Crippen molar-refractivity contribution in [3.05, 3.63) is 53.6 Å². The maximum Gasteiger partial charge on any atom is 0.264 e. The molecule has 130 valence electrons. The lowest BCUT2D eigenvalue weighted by Crippen LogP contribution is -2.46. The lowest BCUT2D eigenvalue weighted by Gasteiger charge is -2.41. The van der Waals surface area contributed by atoms with Crippen LogP contribution in [0.1, 0.15) is 29.3 Å². The number of rotatable bonds is 3. The highest BCUT2D eigenvalue weighted by molar-refractivity contribution is 7.92. The summed E-state index contributed by atoms with van der Waals surface area (Å²) >= 11 is 0. The number of hydrogen-bond donors (Lipinski definition) is 0. The molecule has 6 heteroatoms. The van der Waals surface area contributed by atoms with Crippen LogP contribution in [0.5, 0.6) is 0 Å². The van der Waals surface area contributed by atoms with Gasteiger partial charge in [0.2, 0.25) is 0 Å². The Morgan fingerprint density at radius 1 is 1.04 bits per heavy atom. The summed E-state index contributed by atoms with van der Waals surface area (Å²) in [6.45, 7) is 3.52. The molecule has 0 radical (unpaired) electrons. The number of aryl methyl sites for hydroxylation is 1. The van der Waals surface area contributed by atoms with Gasteiger partial charge in [-0.15, -0.1) is 0 Å². The van der Waals surface area contributed by atoms with Crippen molar-refractivity contribution in [1.29, 1.82) is 0 Å². The first-order chi connectivity index (χ1) is 12.0. The number of para-hydroxylation sites is 1. The molecule has 2 aliphatic heterocycles. The molecule has 25 heavy (non-hydrogen) atoms. The second-order valence-electron chi connectivity index (χ2n) is 6.54. The summed E-state index contributed by atoms with van der Waals surface area (Å²) in [4.78, 5) is 14.1. The molecule has 0 N–H and O–H groups in total. The van der Waals surface area contributed by atoms with Crippen molar-refractivity contribution < 1.29 is 13.2 Å². The molecule has 0 aromatic heterocycles. The number of carbonyl (C=O) groups is 1. The molecular weight excluding hydrogens is 336 g/mol. The lowest BCUT2D eigenvalue weighted by atomic mass is 9.99. The smallest absolute Gasteiger partial charge is 0.264 e. The van der Waals surface area contributed by atoms with Gasteiger partial charge in [-0.25, -0.2) is 8.42 Å². The van der Waals surface area contributed by atoms with Crippen LogP contribution in [0.3, 0.4) is 0 Å². The SMILES string of the molecule is CC(=O)c1cccc(S(=O)(=O)N2CCN3CCCc4cccc2c43)c1. The number of nitrogens with zero attached hydrogens (tertiary/aromatic N) is 2. The Hall–Kier alpha value is -2.34. The van der Waals surface area contributed by atoms with Gasteiger partial charge in [0, 0.05) is 18.7 Å². The third-order valence-corrected chi connectivity index (χ3v) is 6.77. The number of benzene rings is 2. The van der Waals surface area contributed by atoms with E-state index in [2.05, 4.69) is 11.0 Å². The molecule has 0 amide bonds. The topological polar surface area (TPSA) is 57.7 Å². The second kappa shape index (κ2) is 5.88. The fraction of sp³-hybridized carbons (Fsp3) is 0.316.